The van der Waals surface area contributed by atoms with Crippen molar-refractivity contribution in [1.29, 1.82) is 0 Å². The van der Waals surface area contributed by atoms with Gasteiger partial charge in [-0.05, 0) is 35.4 Å². The fraction of sp³-hybridized carbons (Fsp3) is 0.0370. The summed E-state index contributed by atoms with van der Waals surface area (Å²) in [4.78, 5) is 9.72. The van der Waals surface area contributed by atoms with Gasteiger partial charge in [-0.2, -0.15) is 0 Å². The Morgan fingerprint density at radius 2 is 1.16 bits per heavy atom. The van der Waals surface area contributed by atoms with Gasteiger partial charge in [0.2, 0.25) is 0 Å². The lowest BCUT2D eigenvalue weighted by Gasteiger charge is -2.22. The Balaban J connectivity index is 1.67. The lowest BCUT2D eigenvalue weighted by atomic mass is 9.98. The van der Waals surface area contributed by atoms with E-state index < -0.39 is 0 Å². The molecule has 0 unspecified atom stereocenters. The lowest BCUT2D eigenvalue weighted by Crippen LogP contribution is -2.13. The van der Waals surface area contributed by atoms with Gasteiger partial charge in [0.15, 0.2) is 11.4 Å². The molecular weight excluding hydrogens is 382 g/mol. The van der Waals surface area contributed by atoms with Crippen molar-refractivity contribution < 1.29 is 4.42 Å². The fourth-order valence-corrected chi connectivity index (χ4v) is 4.19. The zero-order valence-electron chi connectivity index (χ0n) is 16.7. The molecule has 6 aromatic rings. The summed E-state index contributed by atoms with van der Waals surface area (Å²) in [6, 6.07) is 36.9. The van der Waals surface area contributed by atoms with Crippen LogP contribution in [0, 0.1) is 0 Å². The van der Waals surface area contributed by atoms with E-state index in [-0.39, 0.29) is 6.04 Å². The first-order chi connectivity index (χ1) is 15.4. The molecule has 0 fully saturated rings. The zero-order chi connectivity index (χ0) is 20.6. The van der Waals surface area contributed by atoms with Gasteiger partial charge in [-0.1, -0.05) is 84.9 Å². The maximum absolute atomic E-state index is 6.15. The minimum absolute atomic E-state index is 0.0696. The van der Waals surface area contributed by atoms with Crippen LogP contribution in [0.15, 0.2) is 114 Å². The number of aromatic nitrogens is 3. The van der Waals surface area contributed by atoms with Crippen LogP contribution in [0.1, 0.15) is 17.2 Å². The molecule has 2 heterocycles. The van der Waals surface area contributed by atoms with Gasteiger partial charge < -0.3 is 8.98 Å². The zero-order valence-corrected chi connectivity index (χ0v) is 16.7. The molecular formula is C27H19N3O. The van der Waals surface area contributed by atoms with Crippen LogP contribution >= 0.6 is 0 Å². The molecule has 0 amide bonds. The minimum Gasteiger partial charge on any atom is -0.434 e. The number of hydrogen-bond acceptors (Lipinski definition) is 3. The van der Waals surface area contributed by atoms with E-state index in [4.69, 9.17) is 14.4 Å². The summed E-state index contributed by atoms with van der Waals surface area (Å²) < 4.78 is 8.39. The predicted molar refractivity (Wildman–Crippen MR) is 123 cm³/mol. The Morgan fingerprint density at radius 3 is 1.84 bits per heavy atom. The molecule has 2 aromatic heterocycles. The molecule has 4 aromatic carbocycles. The molecule has 0 aliphatic rings. The van der Waals surface area contributed by atoms with Crippen LogP contribution in [0.25, 0.3) is 33.8 Å². The van der Waals surface area contributed by atoms with E-state index in [1.54, 1.807) is 0 Å². The minimum atomic E-state index is -0.0696. The van der Waals surface area contributed by atoms with Gasteiger partial charge in [0.05, 0.1) is 17.1 Å². The highest BCUT2D eigenvalue weighted by atomic mass is 16.3. The van der Waals surface area contributed by atoms with E-state index in [0.29, 0.717) is 5.89 Å². The summed E-state index contributed by atoms with van der Waals surface area (Å²) in [5.74, 6) is 1.24. The maximum Gasteiger partial charge on any atom is 0.264 e. The van der Waals surface area contributed by atoms with Gasteiger partial charge in [0, 0.05) is 0 Å². The largest absolute Gasteiger partial charge is 0.434 e. The van der Waals surface area contributed by atoms with Crippen LogP contribution in [0.5, 0.6) is 0 Å². The van der Waals surface area contributed by atoms with Gasteiger partial charge in [-0.3, -0.25) is 0 Å². The van der Waals surface area contributed by atoms with Gasteiger partial charge in [-0.25, -0.2) is 9.97 Å². The smallest absolute Gasteiger partial charge is 0.264 e. The van der Waals surface area contributed by atoms with Crippen LogP contribution in [0.3, 0.4) is 0 Å². The van der Waals surface area contributed by atoms with Crippen molar-refractivity contribution in [2.45, 2.75) is 6.04 Å². The quantitative estimate of drug-likeness (QED) is 0.339. The number of oxazole rings is 1. The van der Waals surface area contributed by atoms with Gasteiger partial charge in [-0.15, -0.1) is 0 Å². The van der Waals surface area contributed by atoms with Gasteiger partial charge in [0.25, 0.3) is 5.89 Å². The first-order valence-corrected chi connectivity index (χ1v) is 10.3. The third-order valence-corrected chi connectivity index (χ3v) is 5.57. The van der Waals surface area contributed by atoms with Crippen molar-refractivity contribution >= 4 is 22.1 Å². The number of rotatable bonds is 4. The van der Waals surface area contributed by atoms with Gasteiger partial charge >= 0.3 is 0 Å². The van der Waals surface area contributed by atoms with Crippen molar-refractivity contribution in [3.05, 3.63) is 120 Å². The molecule has 0 saturated heterocycles. The van der Waals surface area contributed by atoms with E-state index in [1.807, 2.05) is 54.6 Å². The SMILES string of the molecule is c1ccc(C(c2ccccc2)n2c(-c3nc4ccccc4o3)nc3ccccc32)cc1. The van der Waals surface area contributed by atoms with E-state index in [2.05, 4.69) is 59.2 Å². The average molecular weight is 401 g/mol. The monoisotopic (exact) mass is 401 g/mol. The van der Waals surface area contributed by atoms with Crippen molar-refractivity contribution in [3.8, 4) is 11.7 Å². The molecule has 0 saturated carbocycles. The summed E-state index contributed by atoms with van der Waals surface area (Å²) in [5.41, 5.74) is 5.89. The molecule has 0 aliphatic heterocycles. The van der Waals surface area contributed by atoms with E-state index >= 15 is 0 Å². The topological polar surface area (TPSA) is 43.9 Å². The highest BCUT2D eigenvalue weighted by Crippen LogP contribution is 2.36. The first kappa shape index (κ1) is 17.7. The van der Waals surface area contributed by atoms with Gasteiger partial charge in [0.1, 0.15) is 5.52 Å². The highest BCUT2D eigenvalue weighted by Gasteiger charge is 2.25. The van der Waals surface area contributed by atoms with Crippen LogP contribution < -0.4 is 0 Å². The Kier molecular flexibility index (Phi) is 4.13. The number of hydrogen-bond donors (Lipinski definition) is 0. The molecule has 31 heavy (non-hydrogen) atoms. The number of nitrogens with zero attached hydrogens (tertiary/aromatic N) is 3. The van der Waals surface area contributed by atoms with Crippen LogP contribution in [0.4, 0.5) is 0 Å². The average Bonchev–Trinajstić information content (AvgIpc) is 3.43. The molecule has 0 atom stereocenters. The summed E-state index contributed by atoms with van der Waals surface area (Å²) in [6.45, 7) is 0. The van der Waals surface area contributed by atoms with Crippen LogP contribution in [-0.4, -0.2) is 14.5 Å². The second-order valence-electron chi connectivity index (χ2n) is 7.50. The van der Waals surface area contributed by atoms with E-state index in [0.717, 1.165) is 28.0 Å². The number of para-hydroxylation sites is 4. The third kappa shape index (κ3) is 3.01. The van der Waals surface area contributed by atoms with Crippen LogP contribution in [-0.2, 0) is 0 Å². The Morgan fingerprint density at radius 1 is 0.581 bits per heavy atom. The van der Waals surface area contributed by atoms with Crippen molar-refractivity contribution in [1.82, 2.24) is 14.5 Å². The first-order valence-electron chi connectivity index (χ1n) is 10.3. The number of fused-ring (bicyclic) bond motifs is 2. The van der Waals surface area contributed by atoms with Crippen molar-refractivity contribution in [2.24, 2.45) is 0 Å². The fourth-order valence-electron chi connectivity index (χ4n) is 4.19. The molecule has 4 nitrogen and oxygen atoms in total. The molecule has 0 spiro atoms. The second-order valence-corrected chi connectivity index (χ2v) is 7.50. The summed E-state index contributed by atoms with van der Waals surface area (Å²) in [5, 5.41) is 0. The van der Waals surface area contributed by atoms with E-state index in [1.165, 1.54) is 11.1 Å². The maximum atomic E-state index is 6.15. The highest BCUT2D eigenvalue weighted by molar-refractivity contribution is 5.82. The van der Waals surface area contributed by atoms with Crippen molar-refractivity contribution in [3.63, 3.8) is 0 Å². The standard InChI is InChI=1S/C27H19N3O/c1-3-11-19(12-4-1)25(20-13-5-2-6-14-20)30-23-17-9-7-15-21(23)28-26(30)27-29-22-16-8-10-18-24(22)31-27/h1-18,25H. The Hall–Kier alpha value is -4.18. The molecule has 6 rings (SSSR count). The third-order valence-electron chi connectivity index (χ3n) is 5.57. The number of benzene rings is 4. The summed E-state index contributed by atoms with van der Waals surface area (Å²) >= 11 is 0. The molecule has 0 aliphatic carbocycles. The normalized spacial score (nSPS) is 11.5. The molecule has 148 valence electrons. The van der Waals surface area contributed by atoms with E-state index in [9.17, 15) is 0 Å². The molecule has 0 N–H and O–H groups in total. The Bertz CT molecular complexity index is 1410. The molecule has 0 radical (unpaired) electrons. The second kappa shape index (κ2) is 7.26. The lowest BCUT2D eigenvalue weighted by molar-refractivity contribution is 0.597. The molecule has 4 heteroatoms. The van der Waals surface area contributed by atoms with Crippen LogP contribution in [0.2, 0.25) is 0 Å². The predicted octanol–water partition coefficient (Wildman–Crippen LogP) is 6.48. The Labute approximate surface area is 179 Å². The van der Waals surface area contributed by atoms with Crippen molar-refractivity contribution in [2.75, 3.05) is 0 Å². The summed E-state index contributed by atoms with van der Waals surface area (Å²) in [6.07, 6.45) is 0. The summed E-state index contributed by atoms with van der Waals surface area (Å²) in [7, 11) is 0. The number of imidazole rings is 1. The molecule has 0 bridgehead atoms.